The van der Waals surface area contributed by atoms with E-state index in [0.717, 1.165) is 0 Å². The highest BCUT2D eigenvalue weighted by Gasteiger charge is 2.04. The molecule has 0 aliphatic carbocycles. The van der Waals surface area contributed by atoms with Gasteiger partial charge in [0.15, 0.2) is 6.29 Å². The predicted molar refractivity (Wildman–Crippen MR) is 67.6 cm³/mol. The van der Waals surface area contributed by atoms with Crippen molar-refractivity contribution in [2.45, 2.75) is 6.61 Å². The van der Waals surface area contributed by atoms with Crippen molar-refractivity contribution in [3.05, 3.63) is 64.4 Å². The molecule has 0 radical (unpaired) electrons. The van der Waals surface area contributed by atoms with Crippen LogP contribution in [0.1, 0.15) is 15.9 Å². The van der Waals surface area contributed by atoms with Crippen LogP contribution >= 0.6 is 11.6 Å². The summed E-state index contributed by atoms with van der Waals surface area (Å²) in [7, 11) is 0. The first-order valence-corrected chi connectivity index (χ1v) is 5.69. The highest BCUT2D eigenvalue weighted by molar-refractivity contribution is 6.30. The minimum atomic E-state index is -0.317. The summed E-state index contributed by atoms with van der Waals surface area (Å²) >= 11 is 5.77. The van der Waals surface area contributed by atoms with Crippen molar-refractivity contribution in [1.29, 1.82) is 0 Å². The molecular weight excluding hydrogens is 255 g/mol. The minimum absolute atomic E-state index is 0.195. The molecule has 0 heterocycles. The Bertz CT molecular complexity index is 569. The molecule has 92 valence electrons. The average molecular weight is 265 g/mol. The molecule has 0 unspecified atom stereocenters. The molecule has 0 bridgehead atoms. The van der Waals surface area contributed by atoms with Crippen LogP contribution in [0.5, 0.6) is 5.75 Å². The summed E-state index contributed by atoms with van der Waals surface area (Å²) in [6.45, 7) is 0.195. The Kier molecular flexibility index (Phi) is 3.95. The van der Waals surface area contributed by atoms with Crippen molar-refractivity contribution >= 4 is 17.9 Å². The summed E-state index contributed by atoms with van der Waals surface area (Å²) in [6, 6.07) is 10.9. The van der Waals surface area contributed by atoms with E-state index in [2.05, 4.69) is 0 Å². The van der Waals surface area contributed by atoms with Gasteiger partial charge in [-0.05, 0) is 35.9 Å². The number of aldehydes is 1. The number of halogens is 2. The van der Waals surface area contributed by atoms with Gasteiger partial charge in [-0.15, -0.1) is 0 Å². The molecule has 0 aliphatic rings. The van der Waals surface area contributed by atoms with Crippen LogP contribution in [0.3, 0.4) is 0 Å². The zero-order valence-electron chi connectivity index (χ0n) is 9.40. The maximum absolute atomic E-state index is 13.0. The fourth-order valence-corrected chi connectivity index (χ4v) is 1.71. The third kappa shape index (κ3) is 3.08. The first-order valence-electron chi connectivity index (χ1n) is 5.31. The van der Waals surface area contributed by atoms with E-state index in [9.17, 15) is 9.18 Å². The van der Waals surface area contributed by atoms with Crippen molar-refractivity contribution in [3.63, 3.8) is 0 Å². The summed E-state index contributed by atoms with van der Waals surface area (Å²) in [4.78, 5) is 10.8. The Labute approximate surface area is 109 Å². The van der Waals surface area contributed by atoms with Crippen molar-refractivity contribution in [2.24, 2.45) is 0 Å². The molecule has 18 heavy (non-hydrogen) atoms. The van der Waals surface area contributed by atoms with Gasteiger partial charge in [-0.25, -0.2) is 4.39 Å². The molecule has 2 aromatic carbocycles. The van der Waals surface area contributed by atoms with Crippen LogP contribution in [0.15, 0.2) is 42.5 Å². The lowest BCUT2D eigenvalue weighted by Gasteiger charge is -2.08. The van der Waals surface area contributed by atoms with Crippen molar-refractivity contribution in [2.75, 3.05) is 0 Å². The second kappa shape index (κ2) is 5.65. The lowest BCUT2D eigenvalue weighted by molar-refractivity contribution is 0.111. The fourth-order valence-electron chi connectivity index (χ4n) is 1.53. The van der Waals surface area contributed by atoms with Crippen LogP contribution in [0.25, 0.3) is 0 Å². The van der Waals surface area contributed by atoms with Gasteiger partial charge in [0, 0.05) is 5.02 Å². The number of carbonyl (C=O) groups is 1. The molecule has 2 rings (SSSR count). The number of benzene rings is 2. The number of hydrogen-bond acceptors (Lipinski definition) is 2. The monoisotopic (exact) mass is 264 g/mol. The van der Waals surface area contributed by atoms with Crippen LogP contribution in [0.2, 0.25) is 5.02 Å². The number of hydrogen-bond donors (Lipinski definition) is 0. The molecule has 0 saturated heterocycles. The molecule has 0 N–H and O–H groups in total. The lowest BCUT2D eigenvalue weighted by atomic mass is 10.2. The van der Waals surface area contributed by atoms with Crippen LogP contribution < -0.4 is 4.74 Å². The maximum atomic E-state index is 13.0. The highest BCUT2D eigenvalue weighted by atomic mass is 35.5. The standard InChI is InChI=1S/C14H10ClFO2/c15-12-4-5-14(11(7-12)8-17)18-9-10-2-1-3-13(16)6-10/h1-8H,9H2. The predicted octanol–water partition coefficient (Wildman–Crippen LogP) is 3.87. The Morgan fingerprint density at radius 2 is 2.06 bits per heavy atom. The summed E-state index contributed by atoms with van der Waals surface area (Å²) in [5.41, 5.74) is 1.07. The summed E-state index contributed by atoms with van der Waals surface area (Å²) in [6.07, 6.45) is 0.673. The second-order valence-electron chi connectivity index (χ2n) is 3.72. The third-order valence-electron chi connectivity index (χ3n) is 2.38. The molecule has 0 atom stereocenters. The minimum Gasteiger partial charge on any atom is -0.488 e. The average Bonchev–Trinajstić information content (AvgIpc) is 2.37. The van der Waals surface area contributed by atoms with Gasteiger partial charge in [0.2, 0.25) is 0 Å². The van der Waals surface area contributed by atoms with Gasteiger partial charge in [0.1, 0.15) is 18.2 Å². The van der Waals surface area contributed by atoms with Gasteiger partial charge < -0.3 is 4.74 Å². The molecule has 0 aromatic heterocycles. The Morgan fingerprint density at radius 1 is 1.22 bits per heavy atom. The number of ether oxygens (including phenoxy) is 1. The van der Waals surface area contributed by atoms with E-state index >= 15 is 0 Å². The third-order valence-corrected chi connectivity index (χ3v) is 2.62. The zero-order chi connectivity index (χ0) is 13.0. The molecular formula is C14H10ClFO2. The van der Waals surface area contributed by atoms with E-state index in [0.29, 0.717) is 28.2 Å². The van der Waals surface area contributed by atoms with Crippen molar-refractivity contribution in [1.82, 2.24) is 0 Å². The molecule has 0 aliphatic heterocycles. The van der Waals surface area contributed by atoms with E-state index in [4.69, 9.17) is 16.3 Å². The normalized spacial score (nSPS) is 10.1. The largest absolute Gasteiger partial charge is 0.488 e. The smallest absolute Gasteiger partial charge is 0.153 e. The first kappa shape index (κ1) is 12.6. The Balaban J connectivity index is 2.13. The van der Waals surface area contributed by atoms with Crippen molar-refractivity contribution < 1.29 is 13.9 Å². The van der Waals surface area contributed by atoms with Gasteiger partial charge in [-0.1, -0.05) is 23.7 Å². The fraction of sp³-hybridized carbons (Fsp3) is 0.0714. The van der Waals surface area contributed by atoms with E-state index in [1.165, 1.54) is 18.2 Å². The Hall–Kier alpha value is -1.87. The van der Waals surface area contributed by atoms with Crippen LogP contribution in [0, 0.1) is 5.82 Å². The summed E-state index contributed by atoms with van der Waals surface area (Å²) in [5.74, 6) is 0.112. The Morgan fingerprint density at radius 3 is 2.78 bits per heavy atom. The van der Waals surface area contributed by atoms with E-state index < -0.39 is 0 Å². The molecule has 0 fully saturated rings. The molecule has 0 amide bonds. The zero-order valence-corrected chi connectivity index (χ0v) is 10.2. The van der Waals surface area contributed by atoms with Gasteiger partial charge in [0.25, 0.3) is 0 Å². The first-order chi connectivity index (χ1) is 8.69. The van der Waals surface area contributed by atoms with Crippen LogP contribution in [-0.2, 0) is 6.61 Å². The summed E-state index contributed by atoms with van der Waals surface area (Å²) < 4.78 is 18.4. The second-order valence-corrected chi connectivity index (χ2v) is 4.16. The number of rotatable bonds is 4. The topological polar surface area (TPSA) is 26.3 Å². The maximum Gasteiger partial charge on any atom is 0.153 e. The van der Waals surface area contributed by atoms with E-state index in [-0.39, 0.29) is 12.4 Å². The molecule has 2 nitrogen and oxygen atoms in total. The van der Waals surface area contributed by atoms with Gasteiger partial charge in [-0.2, -0.15) is 0 Å². The molecule has 0 spiro atoms. The summed E-state index contributed by atoms with van der Waals surface area (Å²) in [5, 5.41) is 0.468. The molecule has 2 aromatic rings. The van der Waals surface area contributed by atoms with Gasteiger partial charge >= 0.3 is 0 Å². The quantitative estimate of drug-likeness (QED) is 0.784. The van der Waals surface area contributed by atoms with Crippen LogP contribution in [0.4, 0.5) is 4.39 Å². The van der Waals surface area contributed by atoms with Gasteiger partial charge in [0.05, 0.1) is 5.56 Å². The van der Waals surface area contributed by atoms with Gasteiger partial charge in [-0.3, -0.25) is 4.79 Å². The van der Waals surface area contributed by atoms with E-state index in [1.807, 2.05) is 0 Å². The molecule has 0 saturated carbocycles. The lowest BCUT2D eigenvalue weighted by Crippen LogP contribution is -1.98. The molecule has 4 heteroatoms. The van der Waals surface area contributed by atoms with E-state index in [1.54, 1.807) is 24.3 Å². The van der Waals surface area contributed by atoms with Crippen LogP contribution in [-0.4, -0.2) is 6.29 Å². The van der Waals surface area contributed by atoms with Crippen molar-refractivity contribution in [3.8, 4) is 5.75 Å². The highest BCUT2D eigenvalue weighted by Crippen LogP contribution is 2.22. The SMILES string of the molecule is O=Cc1cc(Cl)ccc1OCc1cccc(F)c1. The number of carbonyl (C=O) groups excluding carboxylic acids is 1.